The molecule has 0 heterocycles. The average molecular weight is 574 g/mol. The number of benzene rings is 4. The van der Waals surface area contributed by atoms with Crippen LogP contribution in [0.2, 0.25) is 10.0 Å². The van der Waals surface area contributed by atoms with Crippen molar-refractivity contribution in [3.63, 3.8) is 0 Å². The van der Waals surface area contributed by atoms with Crippen LogP contribution < -0.4 is 10.1 Å². The van der Waals surface area contributed by atoms with Crippen molar-refractivity contribution in [3.05, 3.63) is 81.8 Å². The Balaban J connectivity index is 1.82. The van der Waals surface area contributed by atoms with E-state index in [1.54, 1.807) is 56.3 Å². The lowest BCUT2D eigenvalue weighted by Gasteiger charge is -2.14. The molecule has 0 aliphatic carbocycles. The maximum Gasteiger partial charge on any atom is 0.294 e. The van der Waals surface area contributed by atoms with Crippen molar-refractivity contribution < 1.29 is 27.6 Å². The summed E-state index contributed by atoms with van der Waals surface area (Å²) in [6.07, 6.45) is 0. The minimum Gasteiger partial charge on any atom is -0.505 e. The van der Waals surface area contributed by atoms with Crippen LogP contribution in [0.25, 0.3) is 10.8 Å². The standard InChI is InChI=1S/C26H21Cl2N3O6S/c1-3-37-25-19(27)9-6-10-21(25)29-26(33)18-11-15-7-4-5-8-17(15)23(24(18)32)31-30-22-13-16(38(34,35)36)12-20(28)14(22)2/h4-13,32H,3H2,1-2H3,(H,29,33)(H,34,35,36). The van der Waals surface area contributed by atoms with Gasteiger partial charge in [0.2, 0.25) is 0 Å². The lowest BCUT2D eigenvalue weighted by Crippen LogP contribution is -2.13. The molecule has 0 saturated heterocycles. The Hall–Kier alpha value is -3.70. The second-order valence-corrected chi connectivity index (χ2v) is 10.3. The van der Waals surface area contributed by atoms with Gasteiger partial charge in [0, 0.05) is 10.4 Å². The van der Waals surface area contributed by atoms with Crippen LogP contribution in [-0.4, -0.2) is 30.6 Å². The Morgan fingerprint density at radius 2 is 1.76 bits per heavy atom. The third-order valence-corrected chi connectivity index (χ3v) is 7.11. The lowest BCUT2D eigenvalue weighted by atomic mass is 10.0. The van der Waals surface area contributed by atoms with Crippen LogP contribution >= 0.6 is 23.2 Å². The molecule has 0 bridgehead atoms. The van der Waals surface area contributed by atoms with E-state index in [0.29, 0.717) is 33.7 Å². The van der Waals surface area contributed by atoms with Crippen LogP contribution in [0.1, 0.15) is 22.8 Å². The molecule has 0 atom stereocenters. The number of nitrogens with zero attached hydrogens (tertiary/aromatic N) is 2. The molecular weight excluding hydrogens is 553 g/mol. The number of phenolic OH excluding ortho intramolecular Hbond substituents is 1. The van der Waals surface area contributed by atoms with E-state index in [4.69, 9.17) is 27.9 Å². The molecule has 0 unspecified atom stereocenters. The quantitative estimate of drug-likeness (QED) is 0.155. The van der Waals surface area contributed by atoms with E-state index in [0.717, 1.165) is 12.1 Å². The van der Waals surface area contributed by atoms with Crippen molar-refractivity contribution in [2.45, 2.75) is 18.7 Å². The maximum absolute atomic E-state index is 13.3. The molecule has 38 heavy (non-hydrogen) atoms. The van der Waals surface area contributed by atoms with Gasteiger partial charge in [-0.15, -0.1) is 5.11 Å². The van der Waals surface area contributed by atoms with Crippen LogP contribution in [0.15, 0.2) is 75.8 Å². The summed E-state index contributed by atoms with van der Waals surface area (Å²) in [5, 5.41) is 23.5. The first kappa shape index (κ1) is 27.3. The number of carbonyl (C=O) groups is 1. The second kappa shape index (κ2) is 11.0. The molecule has 0 aromatic heterocycles. The van der Waals surface area contributed by atoms with Crippen molar-refractivity contribution in [3.8, 4) is 11.5 Å². The number of anilines is 1. The van der Waals surface area contributed by atoms with Crippen LogP contribution in [0.3, 0.4) is 0 Å². The van der Waals surface area contributed by atoms with Crippen molar-refractivity contribution in [1.82, 2.24) is 0 Å². The molecule has 0 aliphatic heterocycles. The van der Waals surface area contributed by atoms with Gasteiger partial charge in [0.05, 0.1) is 33.5 Å². The van der Waals surface area contributed by atoms with Gasteiger partial charge in [0.1, 0.15) is 5.69 Å². The number of azo groups is 1. The number of phenols is 1. The number of nitrogens with one attached hydrogen (secondary N) is 1. The highest BCUT2D eigenvalue weighted by atomic mass is 35.5. The molecule has 0 fully saturated rings. The first-order chi connectivity index (χ1) is 18.0. The summed E-state index contributed by atoms with van der Waals surface area (Å²) in [4.78, 5) is 12.8. The number of rotatable bonds is 7. The SMILES string of the molecule is CCOc1c(Cl)cccc1NC(=O)c1cc2ccccc2c(N=Nc2cc(S(=O)(=O)O)cc(Cl)c2C)c1O. The number of aromatic hydroxyl groups is 1. The Morgan fingerprint density at radius 3 is 2.47 bits per heavy atom. The molecule has 196 valence electrons. The van der Waals surface area contributed by atoms with Gasteiger partial charge >= 0.3 is 0 Å². The Morgan fingerprint density at radius 1 is 1.03 bits per heavy atom. The molecular formula is C26H21Cl2N3O6S. The molecule has 3 N–H and O–H groups in total. The fraction of sp³-hybridized carbons (Fsp3) is 0.115. The maximum atomic E-state index is 13.3. The number of halogens is 2. The smallest absolute Gasteiger partial charge is 0.294 e. The molecule has 0 saturated carbocycles. The summed E-state index contributed by atoms with van der Waals surface area (Å²) >= 11 is 12.3. The molecule has 4 aromatic rings. The van der Waals surface area contributed by atoms with Gasteiger partial charge in [-0.25, -0.2) is 0 Å². The van der Waals surface area contributed by atoms with E-state index in [1.807, 2.05) is 0 Å². The zero-order chi connectivity index (χ0) is 27.6. The zero-order valence-corrected chi connectivity index (χ0v) is 22.4. The van der Waals surface area contributed by atoms with E-state index in [9.17, 15) is 22.9 Å². The Kier molecular flexibility index (Phi) is 7.89. The molecule has 0 aliphatic rings. The van der Waals surface area contributed by atoms with Gasteiger partial charge in [0.25, 0.3) is 16.0 Å². The number of hydrogen-bond donors (Lipinski definition) is 3. The van der Waals surface area contributed by atoms with Crippen LogP contribution in [0.5, 0.6) is 11.5 Å². The first-order valence-electron chi connectivity index (χ1n) is 11.2. The van der Waals surface area contributed by atoms with Crippen LogP contribution in [-0.2, 0) is 10.1 Å². The van der Waals surface area contributed by atoms with Crippen molar-refractivity contribution in [1.29, 1.82) is 0 Å². The Bertz CT molecular complexity index is 1710. The number of ether oxygens (including phenoxy) is 1. The largest absolute Gasteiger partial charge is 0.505 e. The third kappa shape index (κ3) is 5.58. The predicted molar refractivity (Wildman–Crippen MR) is 146 cm³/mol. The number of carbonyl (C=O) groups excluding carboxylic acids is 1. The van der Waals surface area contributed by atoms with Crippen LogP contribution in [0.4, 0.5) is 17.1 Å². The molecule has 0 spiro atoms. The molecule has 4 aromatic carbocycles. The average Bonchev–Trinajstić information content (AvgIpc) is 2.86. The van der Waals surface area contributed by atoms with Crippen molar-refractivity contribution >= 4 is 67.1 Å². The molecule has 4 rings (SSSR count). The monoisotopic (exact) mass is 573 g/mol. The van der Waals surface area contributed by atoms with Gasteiger partial charge in [-0.3, -0.25) is 9.35 Å². The minimum atomic E-state index is -4.56. The molecule has 12 heteroatoms. The van der Waals surface area contributed by atoms with E-state index in [1.165, 1.54) is 6.07 Å². The number of amides is 1. The molecule has 9 nitrogen and oxygen atoms in total. The van der Waals surface area contributed by atoms with E-state index in [-0.39, 0.29) is 27.7 Å². The highest BCUT2D eigenvalue weighted by Crippen LogP contribution is 2.41. The summed E-state index contributed by atoms with van der Waals surface area (Å²) in [5.74, 6) is -0.823. The number of para-hydroxylation sites is 1. The third-order valence-electron chi connectivity index (χ3n) is 5.59. The predicted octanol–water partition coefficient (Wildman–Crippen LogP) is 7.47. The van der Waals surface area contributed by atoms with Gasteiger partial charge in [-0.2, -0.15) is 13.5 Å². The van der Waals surface area contributed by atoms with Gasteiger partial charge in [0.15, 0.2) is 11.5 Å². The summed E-state index contributed by atoms with van der Waals surface area (Å²) in [5.41, 5.74) is 0.625. The Labute approximate surface area is 228 Å². The lowest BCUT2D eigenvalue weighted by molar-refractivity contribution is 0.102. The molecule has 0 radical (unpaired) electrons. The summed E-state index contributed by atoms with van der Waals surface area (Å²) in [6, 6.07) is 15.5. The highest BCUT2D eigenvalue weighted by Gasteiger charge is 2.21. The summed E-state index contributed by atoms with van der Waals surface area (Å²) < 4.78 is 38.2. The highest BCUT2D eigenvalue weighted by molar-refractivity contribution is 7.85. The normalized spacial score (nSPS) is 11.7. The molecule has 1 amide bonds. The fourth-order valence-corrected chi connectivity index (χ4v) is 4.71. The number of fused-ring (bicyclic) bond motifs is 1. The zero-order valence-electron chi connectivity index (χ0n) is 20.1. The summed E-state index contributed by atoms with van der Waals surface area (Å²) in [6.45, 7) is 3.69. The van der Waals surface area contributed by atoms with Crippen molar-refractivity contribution in [2.75, 3.05) is 11.9 Å². The van der Waals surface area contributed by atoms with Crippen LogP contribution in [0, 0.1) is 6.92 Å². The first-order valence-corrected chi connectivity index (χ1v) is 13.4. The van der Waals surface area contributed by atoms with E-state index in [2.05, 4.69) is 15.5 Å². The number of hydrogen-bond acceptors (Lipinski definition) is 7. The van der Waals surface area contributed by atoms with Crippen molar-refractivity contribution in [2.24, 2.45) is 10.2 Å². The van der Waals surface area contributed by atoms with Gasteiger partial charge in [-0.1, -0.05) is 53.5 Å². The van der Waals surface area contributed by atoms with E-state index >= 15 is 0 Å². The fourth-order valence-electron chi connectivity index (χ4n) is 3.68. The second-order valence-electron chi connectivity index (χ2n) is 8.07. The van der Waals surface area contributed by atoms with Gasteiger partial charge in [-0.05, 0) is 55.1 Å². The topological polar surface area (TPSA) is 138 Å². The summed E-state index contributed by atoms with van der Waals surface area (Å²) in [7, 11) is -4.56. The minimum absolute atomic E-state index is 0.0304. The van der Waals surface area contributed by atoms with E-state index < -0.39 is 26.7 Å². The van der Waals surface area contributed by atoms with Gasteiger partial charge < -0.3 is 15.2 Å².